The van der Waals surface area contributed by atoms with Crippen LogP contribution in [-0.4, -0.2) is 35.8 Å². The van der Waals surface area contributed by atoms with E-state index in [2.05, 4.69) is 15.0 Å². The standard InChI is InChI=1S/C26H22N4O5S2/c1-37(33,34)29-18-8-10-19(11-9-18)30-24(23(28-26(30)36)20-7-2-3-14-27-20)22-13-12-21(35-22)16-5-4-6-17(15-16)25(31)32/h2-15,23-24,29H,1H3,(H,28,36)(H,31,32)/t23-,24+/m0/s1. The van der Waals surface area contributed by atoms with Crippen LogP contribution in [0.15, 0.2) is 89.5 Å². The van der Waals surface area contributed by atoms with Gasteiger partial charge in [0.05, 0.1) is 23.6 Å². The van der Waals surface area contributed by atoms with Crippen LogP contribution in [0.1, 0.15) is 33.9 Å². The molecule has 4 aromatic rings. The van der Waals surface area contributed by atoms with Gasteiger partial charge in [-0.2, -0.15) is 0 Å². The van der Waals surface area contributed by atoms with Crippen molar-refractivity contribution in [2.45, 2.75) is 12.1 Å². The lowest BCUT2D eigenvalue weighted by atomic mass is 10.0. The minimum Gasteiger partial charge on any atom is -0.478 e. The number of furan rings is 1. The van der Waals surface area contributed by atoms with Gasteiger partial charge in [-0.05, 0) is 72.9 Å². The molecule has 37 heavy (non-hydrogen) atoms. The lowest BCUT2D eigenvalue weighted by molar-refractivity contribution is 0.0697. The Morgan fingerprint density at radius 3 is 2.54 bits per heavy atom. The molecule has 0 saturated carbocycles. The van der Waals surface area contributed by atoms with Crippen molar-refractivity contribution in [3.8, 4) is 11.3 Å². The first-order chi connectivity index (χ1) is 17.7. The first kappa shape index (κ1) is 24.5. The summed E-state index contributed by atoms with van der Waals surface area (Å²) in [6.45, 7) is 0. The molecule has 2 aromatic heterocycles. The number of nitrogens with one attached hydrogen (secondary N) is 2. The summed E-state index contributed by atoms with van der Waals surface area (Å²) in [5.41, 5.74) is 2.72. The Morgan fingerprint density at radius 2 is 1.86 bits per heavy atom. The highest BCUT2D eigenvalue weighted by Crippen LogP contribution is 2.43. The van der Waals surface area contributed by atoms with E-state index in [1.807, 2.05) is 29.2 Å². The molecule has 0 bridgehead atoms. The highest BCUT2D eigenvalue weighted by atomic mass is 32.2. The second-order valence-electron chi connectivity index (χ2n) is 8.51. The summed E-state index contributed by atoms with van der Waals surface area (Å²) in [4.78, 5) is 17.8. The molecule has 0 unspecified atom stereocenters. The van der Waals surface area contributed by atoms with Crippen LogP contribution in [0.3, 0.4) is 0 Å². The van der Waals surface area contributed by atoms with Gasteiger partial charge in [0.15, 0.2) is 5.11 Å². The fourth-order valence-corrected chi connectivity index (χ4v) is 5.21. The number of carboxylic acid groups (broad SMARTS) is 1. The van der Waals surface area contributed by atoms with Gasteiger partial charge in [0.1, 0.15) is 17.6 Å². The number of carboxylic acids is 1. The number of aromatic nitrogens is 1. The van der Waals surface area contributed by atoms with E-state index < -0.39 is 22.0 Å². The maximum absolute atomic E-state index is 11.6. The van der Waals surface area contributed by atoms with Gasteiger partial charge in [0, 0.05) is 23.1 Å². The van der Waals surface area contributed by atoms with Crippen molar-refractivity contribution < 1.29 is 22.7 Å². The molecule has 3 heterocycles. The van der Waals surface area contributed by atoms with Gasteiger partial charge in [-0.15, -0.1) is 0 Å². The Bertz CT molecular complexity index is 1570. The van der Waals surface area contributed by atoms with Crippen LogP contribution >= 0.6 is 12.2 Å². The number of benzene rings is 2. The van der Waals surface area contributed by atoms with Crippen molar-refractivity contribution in [1.82, 2.24) is 10.3 Å². The fourth-order valence-electron chi connectivity index (χ4n) is 4.30. The van der Waals surface area contributed by atoms with E-state index >= 15 is 0 Å². The molecule has 0 aliphatic carbocycles. The summed E-state index contributed by atoms with van der Waals surface area (Å²) in [5.74, 6) is 0.0922. The Labute approximate surface area is 218 Å². The van der Waals surface area contributed by atoms with E-state index in [9.17, 15) is 18.3 Å². The van der Waals surface area contributed by atoms with E-state index in [4.69, 9.17) is 16.6 Å². The highest BCUT2D eigenvalue weighted by molar-refractivity contribution is 7.92. The number of hydrogen-bond donors (Lipinski definition) is 3. The van der Waals surface area contributed by atoms with Crippen LogP contribution in [0.25, 0.3) is 11.3 Å². The molecule has 1 aliphatic rings. The van der Waals surface area contributed by atoms with Crippen molar-refractivity contribution in [2.75, 3.05) is 15.9 Å². The molecule has 0 amide bonds. The average Bonchev–Trinajstić information content (AvgIpc) is 3.49. The molecule has 1 fully saturated rings. The largest absolute Gasteiger partial charge is 0.478 e. The summed E-state index contributed by atoms with van der Waals surface area (Å²) < 4.78 is 31.9. The van der Waals surface area contributed by atoms with E-state index in [1.54, 1.807) is 54.7 Å². The van der Waals surface area contributed by atoms with Gasteiger partial charge in [0.25, 0.3) is 0 Å². The summed E-state index contributed by atoms with van der Waals surface area (Å²) in [5, 5.41) is 13.2. The molecule has 1 saturated heterocycles. The molecular formula is C26H22N4O5S2. The Balaban J connectivity index is 1.55. The van der Waals surface area contributed by atoms with E-state index in [0.717, 1.165) is 17.6 Å². The summed E-state index contributed by atoms with van der Waals surface area (Å²) in [6.07, 6.45) is 2.80. The molecule has 0 spiro atoms. The topological polar surface area (TPSA) is 125 Å². The van der Waals surface area contributed by atoms with Gasteiger partial charge >= 0.3 is 5.97 Å². The van der Waals surface area contributed by atoms with E-state index in [0.29, 0.717) is 27.9 Å². The van der Waals surface area contributed by atoms with Gasteiger partial charge in [-0.1, -0.05) is 18.2 Å². The maximum atomic E-state index is 11.6. The van der Waals surface area contributed by atoms with Crippen LogP contribution in [0.5, 0.6) is 0 Å². The normalized spacial score (nSPS) is 17.4. The number of sulfonamides is 1. The van der Waals surface area contributed by atoms with Crippen LogP contribution in [0.4, 0.5) is 11.4 Å². The van der Waals surface area contributed by atoms with Crippen LogP contribution < -0.4 is 14.9 Å². The van der Waals surface area contributed by atoms with Crippen LogP contribution in [0, 0.1) is 0 Å². The van der Waals surface area contributed by atoms with Crippen LogP contribution in [-0.2, 0) is 10.0 Å². The molecule has 5 rings (SSSR count). The average molecular weight is 535 g/mol. The van der Waals surface area contributed by atoms with E-state index in [-0.39, 0.29) is 11.6 Å². The summed E-state index contributed by atoms with van der Waals surface area (Å²) >= 11 is 5.71. The number of carbonyl (C=O) groups is 1. The van der Waals surface area contributed by atoms with Crippen molar-refractivity contribution in [2.24, 2.45) is 0 Å². The lowest BCUT2D eigenvalue weighted by Gasteiger charge is -2.26. The van der Waals surface area contributed by atoms with Gasteiger partial charge in [0.2, 0.25) is 10.0 Å². The zero-order chi connectivity index (χ0) is 26.2. The third-order valence-corrected chi connectivity index (χ3v) is 6.78. The molecule has 2 aromatic carbocycles. The number of anilines is 2. The monoisotopic (exact) mass is 534 g/mol. The molecule has 1 aliphatic heterocycles. The number of aromatic carboxylic acids is 1. The SMILES string of the molecule is CS(=O)(=O)Nc1ccc(N2C(=S)N[C@@H](c3ccccn3)[C@H]2c2ccc(-c3cccc(C(=O)O)c3)o2)cc1. The van der Waals surface area contributed by atoms with Crippen LogP contribution in [0.2, 0.25) is 0 Å². The number of thiocarbonyl (C=S) groups is 1. The summed E-state index contributed by atoms with van der Waals surface area (Å²) in [7, 11) is -3.41. The Morgan fingerprint density at radius 1 is 1.08 bits per heavy atom. The molecular weight excluding hydrogens is 512 g/mol. The molecule has 0 radical (unpaired) electrons. The number of nitrogens with zero attached hydrogens (tertiary/aromatic N) is 2. The molecule has 188 valence electrons. The van der Waals surface area contributed by atoms with Crippen molar-refractivity contribution >= 4 is 44.7 Å². The predicted molar refractivity (Wildman–Crippen MR) is 144 cm³/mol. The second kappa shape index (κ2) is 9.68. The minimum atomic E-state index is -3.41. The maximum Gasteiger partial charge on any atom is 0.335 e. The second-order valence-corrected chi connectivity index (χ2v) is 10.6. The molecule has 9 nitrogen and oxygen atoms in total. The quantitative estimate of drug-likeness (QED) is 0.292. The third-order valence-electron chi connectivity index (χ3n) is 5.86. The van der Waals surface area contributed by atoms with E-state index in [1.165, 1.54) is 6.07 Å². The van der Waals surface area contributed by atoms with Gasteiger partial charge in [-0.25, -0.2) is 13.2 Å². The predicted octanol–water partition coefficient (Wildman–Crippen LogP) is 4.59. The molecule has 11 heteroatoms. The number of hydrogen-bond acceptors (Lipinski definition) is 6. The third kappa shape index (κ3) is 5.18. The Hall–Kier alpha value is -4.22. The van der Waals surface area contributed by atoms with Crippen molar-refractivity contribution in [3.05, 3.63) is 102 Å². The smallest absolute Gasteiger partial charge is 0.335 e. The van der Waals surface area contributed by atoms with Crippen molar-refractivity contribution in [3.63, 3.8) is 0 Å². The summed E-state index contributed by atoms with van der Waals surface area (Å²) in [6, 6.07) is 21.9. The zero-order valence-corrected chi connectivity index (χ0v) is 21.2. The fraction of sp³-hybridized carbons (Fsp3) is 0.115. The van der Waals surface area contributed by atoms with Gasteiger partial charge < -0.3 is 19.7 Å². The lowest BCUT2D eigenvalue weighted by Crippen LogP contribution is -2.29. The Kier molecular flexibility index (Phi) is 6.40. The van der Waals surface area contributed by atoms with Gasteiger partial charge in [-0.3, -0.25) is 9.71 Å². The number of rotatable bonds is 7. The molecule has 2 atom stereocenters. The van der Waals surface area contributed by atoms with Crippen molar-refractivity contribution in [1.29, 1.82) is 0 Å². The molecule has 3 N–H and O–H groups in total. The number of pyridine rings is 1. The highest BCUT2D eigenvalue weighted by Gasteiger charge is 2.42. The minimum absolute atomic E-state index is 0.162. The first-order valence-corrected chi connectivity index (χ1v) is 13.5. The first-order valence-electron chi connectivity index (χ1n) is 11.2. The zero-order valence-electron chi connectivity index (χ0n) is 19.5.